The number of hydrogen-bond donors (Lipinski definition) is 2. The van der Waals surface area contributed by atoms with Crippen molar-refractivity contribution in [2.75, 3.05) is 23.8 Å². The molecule has 0 bridgehead atoms. The summed E-state index contributed by atoms with van der Waals surface area (Å²) in [5.41, 5.74) is 3.64. The van der Waals surface area contributed by atoms with Crippen molar-refractivity contribution in [3.05, 3.63) is 81.3 Å². The first-order valence-corrected chi connectivity index (χ1v) is 11.1. The largest absolute Gasteiger partial charge is 0.490 e. The van der Waals surface area contributed by atoms with E-state index in [4.69, 9.17) is 21.1 Å². The summed E-state index contributed by atoms with van der Waals surface area (Å²) in [5, 5.41) is 6.76. The summed E-state index contributed by atoms with van der Waals surface area (Å²) in [4.78, 5) is 12.3. The van der Waals surface area contributed by atoms with Crippen LogP contribution in [-0.4, -0.2) is 19.1 Å². The van der Waals surface area contributed by atoms with E-state index in [9.17, 15) is 4.79 Å². The monoisotopic (exact) mass is 502 g/mol. The maximum absolute atomic E-state index is 12.3. The van der Waals surface area contributed by atoms with Gasteiger partial charge in [0.1, 0.15) is 0 Å². The summed E-state index contributed by atoms with van der Waals surface area (Å²) in [5.74, 6) is 0.846. The second-order valence-corrected chi connectivity index (χ2v) is 8.20. The van der Waals surface area contributed by atoms with E-state index in [1.54, 1.807) is 12.1 Å². The Morgan fingerprint density at radius 1 is 0.968 bits per heavy atom. The van der Waals surface area contributed by atoms with Crippen molar-refractivity contribution in [2.24, 2.45) is 0 Å². The van der Waals surface area contributed by atoms with Crippen LogP contribution in [0.5, 0.6) is 11.5 Å². The molecule has 0 aromatic heterocycles. The molecule has 31 heavy (non-hydrogen) atoms. The standard InChI is InChI=1S/C24H24BrClN2O3/c1-3-30-23-12-17(14-27-19-9-6-18(25)7-10-19)5-11-22(23)31-15-24(29)28-20-8-4-16(2)21(26)13-20/h4-13,27H,3,14-15H2,1-2H3,(H,28,29). The van der Waals surface area contributed by atoms with Crippen molar-refractivity contribution in [3.63, 3.8) is 0 Å². The molecule has 0 saturated carbocycles. The molecule has 3 rings (SSSR count). The van der Waals surface area contributed by atoms with Gasteiger partial charge >= 0.3 is 0 Å². The smallest absolute Gasteiger partial charge is 0.262 e. The number of amides is 1. The van der Waals surface area contributed by atoms with Crippen molar-refractivity contribution in [1.82, 2.24) is 0 Å². The molecule has 0 aliphatic carbocycles. The molecule has 0 radical (unpaired) electrons. The Morgan fingerprint density at radius 3 is 2.42 bits per heavy atom. The molecular formula is C24H24BrClN2O3. The highest BCUT2D eigenvalue weighted by atomic mass is 79.9. The molecule has 0 spiro atoms. The van der Waals surface area contributed by atoms with Crippen LogP contribution in [0, 0.1) is 6.92 Å². The zero-order valence-corrected chi connectivity index (χ0v) is 19.7. The van der Waals surface area contributed by atoms with Gasteiger partial charge in [-0.3, -0.25) is 4.79 Å². The summed E-state index contributed by atoms with van der Waals surface area (Å²) in [6.45, 7) is 4.81. The molecule has 162 valence electrons. The molecule has 0 atom stereocenters. The number of ether oxygens (including phenoxy) is 2. The van der Waals surface area contributed by atoms with Crippen LogP contribution in [0.1, 0.15) is 18.1 Å². The fourth-order valence-electron chi connectivity index (χ4n) is 2.83. The number of benzene rings is 3. The summed E-state index contributed by atoms with van der Waals surface area (Å²) in [6, 6.07) is 19.0. The molecule has 2 N–H and O–H groups in total. The first kappa shape index (κ1) is 23.0. The SMILES string of the molecule is CCOc1cc(CNc2ccc(Br)cc2)ccc1OCC(=O)Nc1ccc(C)c(Cl)c1. The van der Waals surface area contributed by atoms with E-state index in [1.165, 1.54) is 0 Å². The van der Waals surface area contributed by atoms with Gasteiger partial charge in [-0.1, -0.05) is 39.7 Å². The second kappa shape index (κ2) is 11.1. The van der Waals surface area contributed by atoms with Gasteiger partial charge in [-0.2, -0.15) is 0 Å². The van der Waals surface area contributed by atoms with Crippen LogP contribution in [-0.2, 0) is 11.3 Å². The predicted octanol–water partition coefficient (Wildman–Crippen LogP) is 6.44. The molecular weight excluding hydrogens is 480 g/mol. The number of halogens is 2. The average molecular weight is 504 g/mol. The van der Waals surface area contributed by atoms with Gasteiger partial charge < -0.3 is 20.1 Å². The van der Waals surface area contributed by atoms with Gasteiger partial charge in [-0.25, -0.2) is 0 Å². The minimum atomic E-state index is -0.275. The van der Waals surface area contributed by atoms with Crippen LogP contribution in [0.2, 0.25) is 5.02 Å². The number of hydrogen-bond acceptors (Lipinski definition) is 4. The van der Waals surface area contributed by atoms with Gasteiger partial charge in [0.25, 0.3) is 5.91 Å². The predicted molar refractivity (Wildman–Crippen MR) is 129 cm³/mol. The average Bonchev–Trinajstić information content (AvgIpc) is 2.75. The van der Waals surface area contributed by atoms with Crippen LogP contribution in [0.15, 0.2) is 65.1 Å². The number of carbonyl (C=O) groups is 1. The lowest BCUT2D eigenvalue weighted by molar-refractivity contribution is -0.118. The number of carbonyl (C=O) groups excluding carboxylic acids is 1. The summed E-state index contributed by atoms with van der Waals surface area (Å²) in [7, 11) is 0. The minimum absolute atomic E-state index is 0.137. The van der Waals surface area contributed by atoms with Crippen LogP contribution in [0.4, 0.5) is 11.4 Å². The van der Waals surface area contributed by atoms with Crippen LogP contribution < -0.4 is 20.1 Å². The molecule has 0 aliphatic heterocycles. The number of nitrogens with one attached hydrogen (secondary N) is 2. The number of anilines is 2. The lowest BCUT2D eigenvalue weighted by Crippen LogP contribution is -2.20. The Kier molecular flexibility index (Phi) is 8.20. The first-order chi connectivity index (χ1) is 14.9. The molecule has 0 heterocycles. The summed E-state index contributed by atoms with van der Waals surface area (Å²) >= 11 is 9.54. The van der Waals surface area contributed by atoms with Gasteiger partial charge in [-0.15, -0.1) is 0 Å². The van der Waals surface area contributed by atoms with E-state index in [0.717, 1.165) is 21.3 Å². The van der Waals surface area contributed by atoms with Crippen LogP contribution in [0.3, 0.4) is 0 Å². The molecule has 0 fully saturated rings. The molecule has 1 amide bonds. The van der Waals surface area contributed by atoms with E-state index < -0.39 is 0 Å². The van der Waals surface area contributed by atoms with Gasteiger partial charge in [0.05, 0.1) is 6.61 Å². The molecule has 3 aromatic carbocycles. The minimum Gasteiger partial charge on any atom is -0.490 e. The molecule has 3 aromatic rings. The normalized spacial score (nSPS) is 10.5. The Balaban J connectivity index is 1.60. The summed E-state index contributed by atoms with van der Waals surface area (Å²) in [6.07, 6.45) is 0. The van der Waals surface area contributed by atoms with E-state index in [1.807, 2.05) is 62.4 Å². The number of aryl methyl sites for hydroxylation is 1. The lowest BCUT2D eigenvalue weighted by atomic mass is 10.2. The second-order valence-electron chi connectivity index (χ2n) is 6.88. The highest BCUT2D eigenvalue weighted by Gasteiger charge is 2.10. The van der Waals surface area contributed by atoms with E-state index in [0.29, 0.717) is 35.4 Å². The maximum Gasteiger partial charge on any atom is 0.262 e. The molecule has 7 heteroatoms. The van der Waals surface area contributed by atoms with Crippen molar-refractivity contribution < 1.29 is 14.3 Å². The molecule has 0 unspecified atom stereocenters. The van der Waals surface area contributed by atoms with Crippen molar-refractivity contribution in [1.29, 1.82) is 0 Å². The highest BCUT2D eigenvalue weighted by Crippen LogP contribution is 2.29. The van der Waals surface area contributed by atoms with Gasteiger partial charge in [0.2, 0.25) is 0 Å². The van der Waals surface area contributed by atoms with Crippen molar-refractivity contribution in [2.45, 2.75) is 20.4 Å². The fourth-order valence-corrected chi connectivity index (χ4v) is 3.28. The third-order valence-corrected chi connectivity index (χ3v) is 5.40. The molecule has 0 aliphatic rings. The molecule has 5 nitrogen and oxygen atoms in total. The van der Waals surface area contributed by atoms with Gasteiger partial charge in [0.15, 0.2) is 18.1 Å². The third kappa shape index (κ3) is 6.91. The quantitative estimate of drug-likeness (QED) is 0.353. The maximum atomic E-state index is 12.3. The first-order valence-electron chi connectivity index (χ1n) is 9.88. The third-order valence-electron chi connectivity index (χ3n) is 4.46. The van der Waals surface area contributed by atoms with E-state index in [2.05, 4.69) is 26.6 Å². The zero-order chi connectivity index (χ0) is 22.2. The van der Waals surface area contributed by atoms with E-state index in [-0.39, 0.29) is 12.5 Å². The topological polar surface area (TPSA) is 59.6 Å². The lowest BCUT2D eigenvalue weighted by Gasteiger charge is -2.14. The Labute approximate surface area is 195 Å². The number of rotatable bonds is 9. The Bertz CT molecular complexity index is 1040. The zero-order valence-electron chi connectivity index (χ0n) is 17.4. The summed E-state index contributed by atoms with van der Waals surface area (Å²) < 4.78 is 12.5. The van der Waals surface area contributed by atoms with E-state index >= 15 is 0 Å². The Hall–Kier alpha value is -2.70. The van der Waals surface area contributed by atoms with Gasteiger partial charge in [-0.05, 0) is 73.5 Å². The van der Waals surface area contributed by atoms with Crippen molar-refractivity contribution >= 4 is 44.8 Å². The van der Waals surface area contributed by atoms with Crippen LogP contribution in [0.25, 0.3) is 0 Å². The fraction of sp³-hybridized carbons (Fsp3) is 0.208. The Morgan fingerprint density at radius 2 is 1.71 bits per heavy atom. The van der Waals surface area contributed by atoms with Crippen LogP contribution >= 0.6 is 27.5 Å². The van der Waals surface area contributed by atoms with Gasteiger partial charge in [0, 0.05) is 27.4 Å². The molecule has 0 saturated heterocycles. The highest BCUT2D eigenvalue weighted by molar-refractivity contribution is 9.10. The van der Waals surface area contributed by atoms with Crippen molar-refractivity contribution in [3.8, 4) is 11.5 Å².